The van der Waals surface area contributed by atoms with E-state index in [1.165, 1.54) is 12.8 Å². The second kappa shape index (κ2) is 6.24. The summed E-state index contributed by atoms with van der Waals surface area (Å²) in [4.78, 5) is 11.1. The first-order chi connectivity index (χ1) is 7.49. The molecule has 0 aromatic heterocycles. The molecule has 0 aromatic carbocycles. The van der Waals surface area contributed by atoms with Crippen molar-refractivity contribution in [3.63, 3.8) is 0 Å². The van der Waals surface area contributed by atoms with Crippen LogP contribution in [0.15, 0.2) is 0 Å². The van der Waals surface area contributed by atoms with Crippen molar-refractivity contribution in [3.8, 4) is 0 Å². The van der Waals surface area contributed by atoms with Crippen molar-refractivity contribution in [1.82, 2.24) is 5.32 Å². The summed E-state index contributed by atoms with van der Waals surface area (Å²) < 4.78 is 0. The lowest BCUT2D eigenvalue weighted by Gasteiger charge is -2.30. The zero-order valence-corrected chi connectivity index (χ0v) is 10.7. The molecule has 2 N–H and O–H groups in total. The first kappa shape index (κ1) is 13.5. The monoisotopic (exact) mass is 227 g/mol. The third-order valence-corrected chi connectivity index (χ3v) is 3.38. The van der Waals surface area contributed by atoms with Gasteiger partial charge in [-0.2, -0.15) is 0 Å². The fourth-order valence-corrected chi connectivity index (χ4v) is 2.58. The number of hydrogen-bond donors (Lipinski definition) is 2. The normalized spacial score (nSPS) is 28.0. The molecule has 0 heterocycles. The van der Waals surface area contributed by atoms with Crippen molar-refractivity contribution in [1.29, 1.82) is 0 Å². The highest BCUT2D eigenvalue weighted by Gasteiger charge is 2.25. The minimum absolute atomic E-state index is 0.365. The number of nitrogens with one attached hydrogen (secondary N) is 1. The minimum atomic E-state index is -0.702. The molecule has 0 saturated heterocycles. The Bertz CT molecular complexity index is 228. The van der Waals surface area contributed by atoms with Crippen LogP contribution >= 0.6 is 0 Å². The van der Waals surface area contributed by atoms with Crippen LogP contribution in [0.3, 0.4) is 0 Å². The summed E-state index contributed by atoms with van der Waals surface area (Å²) in [6, 6.07) is 0.0406. The van der Waals surface area contributed by atoms with Crippen LogP contribution in [0.4, 0.5) is 0 Å². The van der Waals surface area contributed by atoms with Crippen LogP contribution in [0.25, 0.3) is 0 Å². The van der Waals surface area contributed by atoms with Gasteiger partial charge in [-0.05, 0) is 31.1 Å². The third-order valence-electron chi connectivity index (χ3n) is 3.38. The van der Waals surface area contributed by atoms with Gasteiger partial charge in [-0.1, -0.05) is 33.6 Å². The fraction of sp³-hybridized carbons (Fsp3) is 0.923. The van der Waals surface area contributed by atoms with E-state index in [0.29, 0.717) is 12.0 Å². The van der Waals surface area contributed by atoms with Gasteiger partial charge in [-0.15, -0.1) is 0 Å². The van der Waals surface area contributed by atoms with Crippen LogP contribution < -0.4 is 5.32 Å². The lowest BCUT2D eigenvalue weighted by Crippen LogP contribution is -2.45. The molecule has 3 atom stereocenters. The minimum Gasteiger partial charge on any atom is -0.480 e. The maximum atomic E-state index is 11.1. The predicted octanol–water partition coefficient (Wildman–Crippen LogP) is 2.65. The van der Waals surface area contributed by atoms with Gasteiger partial charge in [0.15, 0.2) is 0 Å². The van der Waals surface area contributed by atoms with Gasteiger partial charge in [0.25, 0.3) is 0 Å². The maximum Gasteiger partial charge on any atom is 0.320 e. The second-order valence-corrected chi connectivity index (χ2v) is 5.66. The lowest BCUT2D eigenvalue weighted by molar-refractivity contribution is -0.140. The van der Waals surface area contributed by atoms with Gasteiger partial charge in [0, 0.05) is 6.04 Å². The Morgan fingerprint density at radius 2 is 2.12 bits per heavy atom. The topological polar surface area (TPSA) is 49.3 Å². The van der Waals surface area contributed by atoms with Crippen LogP contribution in [0.2, 0.25) is 0 Å². The molecule has 0 amide bonds. The maximum absolute atomic E-state index is 11.1. The molecule has 1 rings (SSSR count). The quantitative estimate of drug-likeness (QED) is 0.759. The van der Waals surface area contributed by atoms with Gasteiger partial charge >= 0.3 is 5.97 Å². The summed E-state index contributed by atoms with van der Waals surface area (Å²) in [5.41, 5.74) is 0. The van der Waals surface area contributed by atoms with Crippen LogP contribution in [0.1, 0.15) is 52.9 Å². The van der Waals surface area contributed by atoms with E-state index in [2.05, 4.69) is 26.1 Å². The molecule has 0 bridgehead atoms. The zero-order chi connectivity index (χ0) is 12.1. The van der Waals surface area contributed by atoms with E-state index < -0.39 is 5.97 Å². The molecule has 1 saturated carbocycles. The Hall–Kier alpha value is -0.570. The van der Waals surface area contributed by atoms with E-state index in [0.717, 1.165) is 25.2 Å². The lowest BCUT2D eigenvalue weighted by atomic mass is 9.86. The third kappa shape index (κ3) is 4.52. The van der Waals surface area contributed by atoms with Crippen LogP contribution in [0.5, 0.6) is 0 Å². The fourth-order valence-electron chi connectivity index (χ4n) is 2.58. The molecule has 3 nitrogen and oxygen atoms in total. The summed E-state index contributed by atoms with van der Waals surface area (Å²) in [5.74, 6) is 0.460. The summed E-state index contributed by atoms with van der Waals surface area (Å²) >= 11 is 0. The number of carboxylic acids is 1. The molecular weight excluding hydrogens is 202 g/mol. The van der Waals surface area contributed by atoms with Crippen molar-refractivity contribution >= 4 is 5.97 Å². The molecule has 3 heteroatoms. The van der Waals surface area contributed by atoms with E-state index in [1.807, 2.05) is 0 Å². The molecule has 1 aliphatic rings. The standard InChI is InChI=1S/C13H25NO2/c1-9(2)7-12(13(15)16)14-11-6-4-5-10(3)8-11/h9-12,14H,4-8H2,1-3H3,(H,15,16). The SMILES string of the molecule is CC(C)CC(NC1CCCC(C)C1)C(=O)O. The van der Waals surface area contributed by atoms with Crippen molar-refractivity contribution < 1.29 is 9.90 Å². The van der Waals surface area contributed by atoms with Crippen molar-refractivity contribution in [2.45, 2.75) is 65.0 Å². The van der Waals surface area contributed by atoms with Gasteiger partial charge < -0.3 is 10.4 Å². The van der Waals surface area contributed by atoms with Crippen molar-refractivity contribution in [3.05, 3.63) is 0 Å². The Kier molecular flexibility index (Phi) is 5.26. The van der Waals surface area contributed by atoms with E-state index in [4.69, 9.17) is 5.11 Å². The first-order valence-electron chi connectivity index (χ1n) is 6.48. The summed E-state index contributed by atoms with van der Waals surface area (Å²) in [5, 5.41) is 12.5. The molecule has 16 heavy (non-hydrogen) atoms. The highest BCUT2D eigenvalue weighted by atomic mass is 16.4. The van der Waals surface area contributed by atoms with E-state index in [-0.39, 0.29) is 6.04 Å². The summed E-state index contributed by atoms with van der Waals surface area (Å²) in [7, 11) is 0. The highest BCUT2D eigenvalue weighted by molar-refractivity contribution is 5.73. The molecular formula is C13H25NO2. The average molecular weight is 227 g/mol. The molecule has 0 spiro atoms. The van der Waals surface area contributed by atoms with Crippen molar-refractivity contribution in [2.75, 3.05) is 0 Å². The van der Waals surface area contributed by atoms with Gasteiger partial charge in [-0.25, -0.2) is 0 Å². The van der Waals surface area contributed by atoms with E-state index >= 15 is 0 Å². The predicted molar refractivity (Wildman–Crippen MR) is 65.4 cm³/mol. The molecule has 3 unspecified atom stereocenters. The van der Waals surface area contributed by atoms with E-state index in [9.17, 15) is 4.79 Å². The first-order valence-corrected chi connectivity index (χ1v) is 6.48. The van der Waals surface area contributed by atoms with Gasteiger partial charge in [-0.3, -0.25) is 4.79 Å². The Labute approximate surface area is 98.6 Å². The molecule has 0 radical (unpaired) electrons. The van der Waals surface area contributed by atoms with Crippen LogP contribution in [0, 0.1) is 11.8 Å². The van der Waals surface area contributed by atoms with Gasteiger partial charge in [0.05, 0.1) is 0 Å². The molecule has 1 aliphatic carbocycles. The Morgan fingerprint density at radius 1 is 1.44 bits per heavy atom. The number of rotatable bonds is 5. The Balaban J connectivity index is 2.44. The largest absolute Gasteiger partial charge is 0.480 e. The zero-order valence-electron chi connectivity index (χ0n) is 10.7. The van der Waals surface area contributed by atoms with Gasteiger partial charge in [0.1, 0.15) is 6.04 Å². The summed E-state index contributed by atoms with van der Waals surface area (Å²) in [6.45, 7) is 6.40. The molecule has 1 fully saturated rings. The highest BCUT2D eigenvalue weighted by Crippen LogP contribution is 2.24. The Morgan fingerprint density at radius 3 is 2.62 bits per heavy atom. The number of hydrogen-bond acceptors (Lipinski definition) is 2. The average Bonchev–Trinajstić information content (AvgIpc) is 2.15. The van der Waals surface area contributed by atoms with E-state index in [1.54, 1.807) is 0 Å². The number of carboxylic acid groups (broad SMARTS) is 1. The molecule has 0 aliphatic heterocycles. The molecule has 0 aromatic rings. The van der Waals surface area contributed by atoms with Crippen molar-refractivity contribution in [2.24, 2.45) is 11.8 Å². The van der Waals surface area contributed by atoms with Crippen LogP contribution in [-0.2, 0) is 4.79 Å². The van der Waals surface area contributed by atoms with Gasteiger partial charge in [0.2, 0.25) is 0 Å². The molecule has 94 valence electrons. The number of aliphatic carboxylic acids is 1. The summed E-state index contributed by atoms with van der Waals surface area (Å²) in [6.07, 6.45) is 5.50. The van der Waals surface area contributed by atoms with Crippen LogP contribution in [-0.4, -0.2) is 23.2 Å². The second-order valence-electron chi connectivity index (χ2n) is 5.66. The smallest absolute Gasteiger partial charge is 0.320 e. The number of carbonyl (C=O) groups is 1.